The van der Waals surface area contributed by atoms with Crippen LogP contribution in [0.4, 0.5) is 0 Å². The van der Waals surface area contributed by atoms with E-state index in [9.17, 15) is 9.59 Å². The van der Waals surface area contributed by atoms with Gasteiger partial charge in [0.1, 0.15) is 0 Å². The molecule has 3 fully saturated rings. The van der Waals surface area contributed by atoms with Crippen LogP contribution in [0.2, 0.25) is 0 Å². The molecule has 3 saturated heterocycles. The molecule has 5 unspecified atom stereocenters. The molecule has 7 nitrogen and oxygen atoms in total. The van der Waals surface area contributed by atoms with E-state index in [2.05, 4.69) is 5.32 Å². The quantitative estimate of drug-likeness (QED) is 0.792. The summed E-state index contributed by atoms with van der Waals surface area (Å²) in [5.41, 5.74) is -0.626. The molecule has 0 aromatic heterocycles. The third kappa shape index (κ3) is 4.21. The Morgan fingerprint density at radius 1 is 0.923 bits per heavy atom. The van der Waals surface area contributed by atoms with Crippen molar-refractivity contribution < 1.29 is 19.1 Å². The minimum absolute atomic E-state index is 0.0331. The van der Waals surface area contributed by atoms with Crippen LogP contribution in [0.5, 0.6) is 0 Å². The summed E-state index contributed by atoms with van der Waals surface area (Å²) in [5.74, 6) is 0.172. The topological polar surface area (TPSA) is 71.1 Å². The van der Waals surface area contributed by atoms with Gasteiger partial charge in [-0.1, -0.05) is 0 Å². The zero-order valence-corrected chi connectivity index (χ0v) is 16.5. The lowest BCUT2D eigenvalue weighted by atomic mass is 9.81. The van der Waals surface area contributed by atoms with Crippen LogP contribution in [-0.4, -0.2) is 85.3 Å². The predicted molar refractivity (Wildman–Crippen MR) is 97.7 cm³/mol. The van der Waals surface area contributed by atoms with Crippen LogP contribution >= 0.6 is 0 Å². The van der Waals surface area contributed by atoms with Crippen molar-refractivity contribution in [2.45, 2.75) is 65.0 Å². The molecular weight excluding hydrogens is 334 g/mol. The van der Waals surface area contributed by atoms with Gasteiger partial charge in [0, 0.05) is 39.1 Å². The van der Waals surface area contributed by atoms with E-state index >= 15 is 0 Å². The van der Waals surface area contributed by atoms with E-state index in [-0.39, 0.29) is 42.7 Å². The molecule has 3 aliphatic rings. The van der Waals surface area contributed by atoms with Crippen LogP contribution in [0.3, 0.4) is 0 Å². The highest BCUT2D eigenvalue weighted by molar-refractivity contribution is 5.89. The number of amides is 2. The highest BCUT2D eigenvalue weighted by Gasteiger charge is 2.47. The molecule has 0 aliphatic carbocycles. The van der Waals surface area contributed by atoms with Gasteiger partial charge in [-0.2, -0.15) is 0 Å². The highest BCUT2D eigenvalue weighted by atomic mass is 16.5. The summed E-state index contributed by atoms with van der Waals surface area (Å²) in [7, 11) is 0. The zero-order valence-electron chi connectivity index (χ0n) is 16.5. The van der Waals surface area contributed by atoms with Crippen molar-refractivity contribution in [2.24, 2.45) is 5.41 Å². The fourth-order valence-corrected chi connectivity index (χ4v) is 4.61. The average Bonchev–Trinajstić information content (AvgIpc) is 3.02. The van der Waals surface area contributed by atoms with Crippen molar-refractivity contribution in [3.63, 3.8) is 0 Å². The van der Waals surface area contributed by atoms with Crippen LogP contribution in [0.25, 0.3) is 0 Å². The third-order valence-corrected chi connectivity index (χ3v) is 5.67. The molecule has 148 valence electrons. The Hall–Kier alpha value is -1.18. The van der Waals surface area contributed by atoms with E-state index in [0.717, 1.165) is 6.54 Å². The Kier molecular flexibility index (Phi) is 5.89. The SMILES string of the molecule is CC1CN(C(=O)CC2(C(=O)N3CC(C)OC(C)C3)CCNC2)CC(C)O1. The summed E-state index contributed by atoms with van der Waals surface area (Å²) in [4.78, 5) is 30.2. The van der Waals surface area contributed by atoms with Crippen LogP contribution in [0.1, 0.15) is 40.5 Å². The van der Waals surface area contributed by atoms with Gasteiger partial charge in [-0.15, -0.1) is 0 Å². The number of nitrogens with one attached hydrogen (secondary N) is 1. The Balaban J connectivity index is 1.71. The Morgan fingerprint density at radius 2 is 1.42 bits per heavy atom. The molecule has 1 N–H and O–H groups in total. The highest BCUT2D eigenvalue weighted by Crippen LogP contribution is 2.34. The molecule has 3 heterocycles. The minimum Gasteiger partial charge on any atom is -0.372 e. The van der Waals surface area contributed by atoms with Gasteiger partial charge in [-0.3, -0.25) is 9.59 Å². The smallest absolute Gasteiger partial charge is 0.230 e. The largest absolute Gasteiger partial charge is 0.372 e. The maximum atomic E-state index is 13.4. The lowest BCUT2D eigenvalue weighted by Crippen LogP contribution is -2.56. The fraction of sp³-hybridized carbons (Fsp3) is 0.895. The van der Waals surface area contributed by atoms with Gasteiger partial charge >= 0.3 is 0 Å². The van der Waals surface area contributed by atoms with E-state index < -0.39 is 5.41 Å². The van der Waals surface area contributed by atoms with Gasteiger partial charge in [0.15, 0.2) is 0 Å². The number of morpholine rings is 2. The number of carbonyl (C=O) groups is 2. The van der Waals surface area contributed by atoms with Crippen molar-refractivity contribution in [3.05, 3.63) is 0 Å². The molecule has 5 atom stereocenters. The molecule has 0 spiro atoms. The molecule has 0 saturated carbocycles. The Bertz CT molecular complexity index is 515. The summed E-state index contributed by atoms with van der Waals surface area (Å²) >= 11 is 0. The van der Waals surface area contributed by atoms with Crippen LogP contribution in [0, 0.1) is 5.41 Å². The first-order chi connectivity index (χ1) is 12.3. The van der Waals surface area contributed by atoms with Gasteiger partial charge in [0.2, 0.25) is 11.8 Å². The van der Waals surface area contributed by atoms with Crippen molar-refractivity contribution in [2.75, 3.05) is 39.3 Å². The monoisotopic (exact) mass is 367 g/mol. The number of nitrogens with zero attached hydrogens (tertiary/aromatic N) is 2. The van der Waals surface area contributed by atoms with E-state index in [1.807, 2.05) is 37.5 Å². The lowest BCUT2D eigenvalue weighted by Gasteiger charge is -2.41. The third-order valence-electron chi connectivity index (χ3n) is 5.67. The van der Waals surface area contributed by atoms with E-state index in [1.54, 1.807) is 0 Å². The molecule has 0 radical (unpaired) electrons. The van der Waals surface area contributed by atoms with Crippen LogP contribution < -0.4 is 5.32 Å². The van der Waals surface area contributed by atoms with Crippen molar-refractivity contribution in [1.82, 2.24) is 15.1 Å². The lowest BCUT2D eigenvalue weighted by molar-refractivity contribution is -0.158. The van der Waals surface area contributed by atoms with Crippen LogP contribution in [0.15, 0.2) is 0 Å². The Morgan fingerprint density at radius 3 is 1.88 bits per heavy atom. The van der Waals surface area contributed by atoms with Gasteiger partial charge in [-0.05, 0) is 40.7 Å². The van der Waals surface area contributed by atoms with Crippen molar-refractivity contribution in [3.8, 4) is 0 Å². The molecule has 0 aromatic rings. The number of hydrogen-bond acceptors (Lipinski definition) is 5. The number of hydrogen-bond donors (Lipinski definition) is 1. The van der Waals surface area contributed by atoms with E-state index in [4.69, 9.17) is 9.47 Å². The zero-order chi connectivity index (χ0) is 18.9. The second-order valence-electron chi connectivity index (χ2n) is 8.41. The average molecular weight is 367 g/mol. The maximum Gasteiger partial charge on any atom is 0.230 e. The summed E-state index contributed by atoms with van der Waals surface area (Å²) < 4.78 is 11.5. The van der Waals surface area contributed by atoms with Gasteiger partial charge < -0.3 is 24.6 Å². The van der Waals surface area contributed by atoms with Gasteiger partial charge in [0.25, 0.3) is 0 Å². The predicted octanol–water partition coefficient (Wildman–Crippen LogP) is 0.628. The van der Waals surface area contributed by atoms with E-state index in [0.29, 0.717) is 39.1 Å². The summed E-state index contributed by atoms with van der Waals surface area (Å²) in [5, 5.41) is 3.31. The molecule has 3 rings (SSSR count). The molecule has 0 bridgehead atoms. The minimum atomic E-state index is -0.626. The first-order valence-electron chi connectivity index (χ1n) is 9.88. The number of carbonyl (C=O) groups excluding carboxylic acids is 2. The second kappa shape index (κ2) is 7.82. The second-order valence-corrected chi connectivity index (χ2v) is 8.41. The maximum absolute atomic E-state index is 13.4. The van der Waals surface area contributed by atoms with E-state index in [1.165, 1.54) is 0 Å². The summed E-state index contributed by atoms with van der Waals surface area (Å²) in [6, 6.07) is 0. The first kappa shape index (κ1) is 19.6. The molecular formula is C19H33N3O4. The fourth-order valence-electron chi connectivity index (χ4n) is 4.61. The molecule has 26 heavy (non-hydrogen) atoms. The van der Waals surface area contributed by atoms with Gasteiger partial charge in [0.05, 0.1) is 29.8 Å². The standard InChI is InChI=1S/C19H33N3O4/c1-13-8-21(9-14(2)25-13)17(23)7-19(5-6-20-12-19)18(24)22-10-15(3)26-16(4)11-22/h13-16,20H,5-12H2,1-4H3. The van der Waals surface area contributed by atoms with Gasteiger partial charge in [-0.25, -0.2) is 0 Å². The molecule has 3 aliphatic heterocycles. The number of ether oxygens (including phenoxy) is 2. The van der Waals surface area contributed by atoms with Crippen LogP contribution in [-0.2, 0) is 19.1 Å². The summed E-state index contributed by atoms with van der Waals surface area (Å²) in [6.07, 6.45) is 1.14. The number of rotatable bonds is 3. The Labute approximate surface area is 156 Å². The first-order valence-corrected chi connectivity index (χ1v) is 9.88. The molecule has 2 amide bonds. The van der Waals surface area contributed by atoms with Crippen molar-refractivity contribution >= 4 is 11.8 Å². The molecule has 0 aromatic carbocycles. The molecule has 7 heteroatoms. The normalized spacial score (nSPS) is 38.5. The van der Waals surface area contributed by atoms with Crippen molar-refractivity contribution in [1.29, 1.82) is 0 Å². The summed E-state index contributed by atoms with van der Waals surface area (Å²) in [6.45, 7) is 11.7.